The molecule has 4 aromatic rings. The van der Waals surface area contributed by atoms with Crippen molar-refractivity contribution in [2.24, 2.45) is 0 Å². The van der Waals surface area contributed by atoms with Gasteiger partial charge >= 0.3 is 6.09 Å². The number of carbonyl (C=O) groups is 1. The molecule has 0 spiro atoms. The van der Waals surface area contributed by atoms with Crippen LogP contribution in [0.15, 0.2) is 34.9 Å². The van der Waals surface area contributed by atoms with Crippen LogP contribution in [-0.2, 0) is 15.9 Å². The zero-order valence-electron chi connectivity index (χ0n) is 19.4. The van der Waals surface area contributed by atoms with Gasteiger partial charge in [-0.3, -0.25) is 0 Å². The highest BCUT2D eigenvalue weighted by Gasteiger charge is 2.29. The Labute approximate surface area is 199 Å². The minimum atomic E-state index is -0.807. The predicted molar refractivity (Wildman–Crippen MR) is 121 cm³/mol. The molecule has 9 nitrogen and oxygen atoms in total. The lowest BCUT2D eigenvalue weighted by molar-refractivity contribution is -0.0241. The number of halogens is 2. The fourth-order valence-corrected chi connectivity index (χ4v) is 4.28. The molecule has 1 aliphatic rings. The Bertz CT molecular complexity index is 1390. The van der Waals surface area contributed by atoms with E-state index in [1.807, 2.05) is 25.3 Å². The number of hydrogen-bond donors (Lipinski definition) is 0. The van der Waals surface area contributed by atoms with Gasteiger partial charge in [-0.25, -0.2) is 18.6 Å². The maximum atomic E-state index is 15.4. The van der Waals surface area contributed by atoms with Crippen molar-refractivity contribution >= 4 is 11.7 Å². The highest BCUT2D eigenvalue weighted by atomic mass is 19.1. The van der Waals surface area contributed by atoms with E-state index in [4.69, 9.17) is 13.9 Å². The van der Waals surface area contributed by atoms with Crippen LogP contribution in [-0.4, -0.2) is 63.5 Å². The van der Waals surface area contributed by atoms with Gasteiger partial charge in [0.2, 0.25) is 11.8 Å². The Balaban J connectivity index is 1.58. The number of amides is 1. The van der Waals surface area contributed by atoms with E-state index in [0.717, 1.165) is 17.7 Å². The quantitative estimate of drug-likeness (QED) is 0.434. The van der Waals surface area contributed by atoms with Crippen LogP contribution in [0.5, 0.6) is 0 Å². The summed E-state index contributed by atoms with van der Waals surface area (Å²) in [6.07, 6.45) is 1.23. The molecule has 1 fully saturated rings. The molecular formula is C24H23F2N5O4. The molecule has 5 rings (SSSR count). The fourth-order valence-electron chi connectivity index (χ4n) is 4.28. The van der Waals surface area contributed by atoms with Crippen molar-refractivity contribution < 1.29 is 27.5 Å². The van der Waals surface area contributed by atoms with Crippen LogP contribution in [0.3, 0.4) is 0 Å². The van der Waals surface area contributed by atoms with Crippen LogP contribution in [0.25, 0.3) is 28.4 Å². The number of aromatic nitrogens is 4. The number of hydrogen-bond acceptors (Lipinski definition) is 7. The van der Waals surface area contributed by atoms with Crippen molar-refractivity contribution in [1.82, 2.24) is 24.5 Å². The number of benzene rings is 1. The molecule has 0 aliphatic carbocycles. The molecule has 1 saturated heterocycles. The first-order valence-corrected chi connectivity index (χ1v) is 11.1. The van der Waals surface area contributed by atoms with E-state index < -0.39 is 23.8 Å². The Morgan fingerprint density at radius 1 is 1.20 bits per heavy atom. The number of carbonyl (C=O) groups excluding carboxylic acids is 1. The van der Waals surface area contributed by atoms with Gasteiger partial charge in [-0.05, 0) is 36.8 Å². The molecule has 0 N–H and O–H groups in total. The van der Waals surface area contributed by atoms with Crippen molar-refractivity contribution in [3.63, 3.8) is 0 Å². The summed E-state index contributed by atoms with van der Waals surface area (Å²) in [4.78, 5) is 18.1. The highest BCUT2D eigenvalue weighted by molar-refractivity contribution is 5.71. The van der Waals surface area contributed by atoms with Crippen LogP contribution >= 0.6 is 0 Å². The van der Waals surface area contributed by atoms with Gasteiger partial charge in [-0.15, -0.1) is 10.2 Å². The second-order valence-electron chi connectivity index (χ2n) is 8.39. The van der Waals surface area contributed by atoms with E-state index in [1.54, 1.807) is 16.2 Å². The van der Waals surface area contributed by atoms with Gasteiger partial charge in [0.05, 0.1) is 43.3 Å². The molecule has 1 aromatic carbocycles. The molecule has 3 aromatic heterocycles. The Kier molecular flexibility index (Phi) is 5.93. The monoisotopic (exact) mass is 483 g/mol. The third kappa shape index (κ3) is 4.34. The van der Waals surface area contributed by atoms with Crippen molar-refractivity contribution in [3.8, 4) is 22.7 Å². The van der Waals surface area contributed by atoms with Gasteiger partial charge in [0, 0.05) is 31.6 Å². The molecule has 1 amide bonds. The lowest BCUT2D eigenvalue weighted by atomic mass is 10.0. The number of methoxy groups -OCH3 is 1. The highest BCUT2D eigenvalue weighted by Crippen LogP contribution is 2.34. The molecule has 0 radical (unpaired) electrons. The number of nitrogens with zero attached hydrogens (tertiary/aromatic N) is 5. The van der Waals surface area contributed by atoms with E-state index >= 15 is 8.78 Å². The number of aryl methyl sites for hydroxylation is 2. The average molecular weight is 483 g/mol. The maximum Gasteiger partial charge on any atom is 0.409 e. The zero-order chi connectivity index (χ0) is 24.7. The van der Waals surface area contributed by atoms with Crippen LogP contribution in [0.1, 0.15) is 17.1 Å². The number of rotatable bonds is 4. The Morgan fingerprint density at radius 3 is 2.66 bits per heavy atom. The van der Waals surface area contributed by atoms with Gasteiger partial charge < -0.3 is 23.2 Å². The van der Waals surface area contributed by atoms with E-state index in [1.165, 1.54) is 7.11 Å². The van der Waals surface area contributed by atoms with E-state index in [0.29, 0.717) is 24.5 Å². The molecule has 4 heterocycles. The zero-order valence-corrected chi connectivity index (χ0v) is 19.4. The molecule has 182 valence electrons. The van der Waals surface area contributed by atoms with Crippen LogP contribution in [0.4, 0.5) is 13.6 Å². The largest absolute Gasteiger partial charge is 0.453 e. The molecule has 35 heavy (non-hydrogen) atoms. The molecule has 1 aliphatic heterocycles. The summed E-state index contributed by atoms with van der Waals surface area (Å²) in [6, 6.07) is 6.03. The van der Waals surface area contributed by atoms with Crippen molar-refractivity contribution in [3.05, 3.63) is 59.2 Å². The summed E-state index contributed by atoms with van der Waals surface area (Å²) in [5.41, 5.74) is 2.10. The van der Waals surface area contributed by atoms with Crippen molar-refractivity contribution in [2.75, 3.05) is 26.8 Å². The van der Waals surface area contributed by atoms with Crippen molar-refractivity contribution in [1.29, 1.82) is 0 Å². The molecule has 1 atom stereocenters. The van der Waals surface area contributed by atoms with Gasteiger partial charge in [0.25, 0.3) is 0 Å². The SMILES string of the molecule is COC(=O)N1CCO[C@@H](Cc2c(-c3c(F)cc(-c4nnc(C)o4)cc3F)nc3cc(C)ccn23)C1. The molecule has 11 heteroatoms. The lowest BCUT2D eigenvalue weighted by Crippen LogP contribution is -2.46. The first-order chi connectivity index (χ1) is 16.8. The maximum absolute atomic E-state index is 15.4. The minimum Gasteiger partial charge on any atom is -0.453 e. The first kappa shape index (κ1) is 22.9. The normalized spacial score (nSPS) is 16.1. The summed E-state index contributed by atoms with van der Waals surface area (Å²) in [5, 5.41) is 7.56. The fraction of sp³-hybridized carbons (Fsp3) is 0.333. The van der Waals surface area contributed by atoms with Gasteiger partial charge in [-0.1, -0.05) is 0 Å². The average Bonchev–Trinajstić information content (AvgIpc) is 3.41. The Hall–Kier alpha value is -3.86. The third-order valence-corrected chi connectivity index (χ3v) is 5.93. The summed E-state index contributed by atoms with van der Waals surface area (Å²) in [7, 11) is 1.32. The van der Waals surface area contributed by atoms with Gasteiger partial charge in [0.15, 0.2) is 0 Å². The summed E-state index contributed by atoms with van der Waals surface area (Å²) < 4.78 is 48.6. The second kappa shape index (κ2) is 9.06. The number of ether oxygens (including phenoxy) is 2. The molecule has 0 unspecified atom stereocenters. The number of fused-ring (bicyclic) bond motifs is 1. The summed E-state index contributed by atoms with van der Waals surface area (Å²) >= 11 is 0. The summed E-state index contributed by atoms with van der Waals surface area (Å²) in [6.45, 7) is 4.52. The molecule has 0 bridgehead atoms. The van der Waals surface area contributed by atoms with E-state index in [-0.39, 0.29) is 41.6 Å². The third-order valence-electron chi connectivity index (χ3n) is 5.93. The van der Waals surface area contributed by atoms with Crippen LogP contribution in [0, 0.1) is 25.5 Å². The number of imidazole rings is 1. The van der Waals surface area contributed by atoms with Gasteiger partial charge in [0.1, 0.15) is 17.3 Å². The van der Waals surface area contributed by atoms with Crippen LogP contribution < -0.4 is 0 Å². The number of pyridine rings is 1. The predicted octanol–water partition coefficient (Wildman–Crippen LogP) is 3.96. The smallest absolute Gasteiger partial charge is 0.409 e. The Morgan fingerprint density at radius 2 is 1.97 bits per heavy atom. The first-order valence-electron chi connectivity index (χ1n) is 11.1. The van der Waals surface area contributed by atoms with E-state index in [2.05, 4.69) is 15.2 Å². The standard InChI is InChI=1S/C24H23F2N5O4/c1-13-4-5-31-19(11-16-12-30(6-7-34-16)24(32)33-3)22(27-20(31)8-13)21-17(25)9-15(10-18(21)26)23-29-28-14(2)35-23/h4-5,8-10,16H,6-7,11-12H2,1-3H3/t16-/m0/s1. The van der Waals surface area contributed by atoms with Gasteiger partial charge in [-0.2, -0.15) is 0 Å². The number of morpholine rings is 1. The lowest BCUT2D eigenvalue weighted by Gasteiger charge is -2.32. The summed E-state index contributed by atoms with van der Waals surface area (Å²) in [5.74, 6) is -1.30. The van der Waals surface area contributed by atoms with Crippen molar-refractivity contribution in [2.45, 2.75) is 26.4 Å². The molecular weight excluding hydrogens is 460 g/mol. The topological polar surface area (TPSA) is 95.0 Å². The molecule has 0 saturated carbocycles. The van der Waals surface area contributed by atoms with Crippen LogP contribution in [0.2, 0.25) is 0 Å². The van der Waals surface area contributed by atoms with E-state index in [9.17, 15) is 4.79 Å². The minimum absolute atomic E-state index is 0.0243. The second-order valence-corrected chi connectivity index (χ2v) is 8.39.